The first kappa shape index (κ1) is 13.5. The highest BCUT2D eigenvalue weighted by Gasteiger charge is 2.48. The third-order valence-corrected chi connectivity index (χ3v) is 3.63. The zero-order valence-electron chi connectivity index (χ0n) is 10.9. The molecule has 1 aliphatic rings. The smallest absolute Gasteiger partial charge is 0.227 e. The maximum atomic E-state index is 11.9. The lowest BCUT2D eigenvalue weighted by Crippen LogP contribution is -2.46. The molecule has 0 heterocycles. The Balaban J connectivity index is 2.41. The van der Waals surface area contributed by atoms with Crippen molar-refractivity contribution in [1.29, 1.82) is 0 Å². The molecular formula is C12H25N3O. The van der Waals surface area contributed by atoms with E-state index in [0.717, 1.165) is 12.8 Å². The molecule has 0 saturated heterocycles. The van der Waals surface area contributed by atoms with Crippen LogP contribution in [0.3, 0.4) is 0 Å². The van der Waals surface area contributed by atoms with E-state index >= 15 is 0 Å². The number of hydrogen-bond donors (Lipinski definition) is 2. The SMILES string of the molecule is CC(C)C(CNC(=O)C1(CN)CC1)N(C)C. The largest absolute Gasteiger partial charge is 0.354 e. The number of hydrogen-bond acceptors (Lipinski definition) is 3. The number of carbonyl (C=O) groups is 1. The van der Waals surface area contributed by atoms with Gasteiger partial charge in [-0.3, -0.25) is 4.79 Å². The van der Waals surface area contributed by atoms with Crippen LogP contribution in [0.15, 0.2) is 0 Å². The predicted molar refractivity (Wildman–Crippen MR) is 66.0 cm³/mol. The van der Waals surface area contributed by atoms with Gasteiger partial charge in [0.25, 0.3) is 0 Å². The molecule has 4 nitrogen and oxygen atoms in total. The Hall–Kier alpha value is -0.610. The fraction of sp³-hybridized carbons (Fsp3) is 0.917. The van der Waals surface area contributed by atoms with Crippen LogP contribution in [0.4, 0.5) is 0 Å². The van der Waals surface area contributed by atoms with Crippen LogP contribution in [-0.2, 0) is 4.79 Å². The Bertz CT molecular complexity index is 239. The van der Waals surface area contributed by atoms with Crippen molar-refractivity contribution in [2.24, 2.45) is 17.1 Å². The highest BCUT2D eigenvalue weighted by Crippen LogP contribution is 2.44. The quantitative estimate of drug-likeness (QED) is 0.692. The molecule has 16 heavy (non-hydrogen) atoms. The average Bonchev–Trinajstić information content (AvgIpc) is 2.97. The molecular weight excluding hydrogens is 202 g/mol. The second-order valence-electron chi connectivity index (χ2n) is 5.47. The van der Waals surface area contributed by atoms with Gasteiger partial charge in [0.2, 0.25) is 5.91 Å². The molecule has 94 valence electrons. The van der Waals surface area contributed by atoms with Crippen molar-refractivity contribution in [2.75, 3.05) is 27.2 Å². The molecule has 1 aliphatic carbocycles. The van der Waals surface area contributed by atoms with E-state index in [1.54, 1.807) is 0 Å². The van der Waals surface area contributed by atoms with Crippen molar-refractivity contribution in [3.05, 3.63) is 0 Å². The molecule has 0 aromatic rings. The molecule has 0 aromatic carbocycles. The summed E-state index contributed by atoms with van der Waals surface area (Å²) in [5.41, 5.74) is 5.40. The number of likely N-dealkylation sites (N-methyl/N-ethyl adjacent to an activating group) is 1. The van der Waals surface area contributed by atoms with Gasteiger partial charge in [0.15, 0.2) is 0 Å². The van der Waals surface area contributed by atoms with E-state index in [-0.39, 0.29) is 11.3 Å². The molecule has 3 N–H and O–H groups in total. The van der Waals surface area contributed by atoms with E-state index < -0.39 is 0 Å². The standard InChI is InChI=1S/C12H25N3O/c1-9(2)10(15(3)4)7-14-11(16)12(8-13)5-6-12/h9-10H,5-8,13H2,1-4H3,(H,14,16). The number of nitrogens with two attached hydrogens (primary N) is 1. The van der Waals surface area contributed by atoms with Gasteiger partial charge >= 0.3 is 0 Å². The summed E-state index contributed by atoms with van der Waals surface area (Å²) in [7, 11) is 4.10. The number of nitrogens with one attached hydrogen (secondary N) is 1. The van der Waals surface area contributed by atoms with E-state index in [1.165, 1.54) is 0 Å². The van der Waals surface area contributed by atoms with Crippen LogP contribution in [0.2, 0.25) is 0 Å². The molecule has 0 radical (unpaired) electrons. The van der Waals surface area contributed by atoms with Gasteiger partial charge in [-0.05, 0) is 32.9 Å². The molecule has 1 atom stereocenters. The highest BCUT2D eigenvalue weighted by molar-refractivity contribution is 5.85. The maximum Gasteiger partial charge on any atom is 0.227 e. The van der Waals surface area contributed by atoms with Gasteiger partial charge in [-0.1, -0.05) is 13.8 Å². The minimum absolute atomic E-state index is 0.141. The molecule has 1 amide bonds. The van der Waals surface area contributed by atoms with E-state index in [1.807, 2.05) is 14.1 Å². The zero-order chi connectivity index (χ0) is 12.3. The number of carbonyl (C=O) groups excluding carboxylic acids is 1. The first-order valence-electron chi connectivity index (χ1n) is 6.08. The predicted octanol–water partition coefficient (Wildman–Crippen LogP) is 0.428. The van der Waals surface area contributed by atoms with Crippen LogP contribution in [0.25, 0.3) is 0 Å². The average molecular weight is 227 g/mol. The highest BCUT2D eigenvalue weighted by atomic mass is 16.2. The van der Waals surface area contributed by atoms with Crippen molar-refractivity contribution in [3.63, 3.8) is 0 Å². The Morgan fingerprint density at radius 2 is 2.00 bits per heavy atom. The third kappa shape index (κ3) is 2.95. The van der Waals surface area contributed by atoms with E-state index in [0.29, 0.717) is 25.0 Å². The summed E-state index contributed by atoms with van der Waals surface area (Å²) in [6.07, 6.45) is 1.90. The zero-order valence-corrected chi connectivity index (χ0v) is 10.9. The number of nitrogens with zero attached hydrogens (tertiary/aromatic N) is 1. The summed E-state index contributed by atoms with van der Waals surface area (Å²) < 4.78 is 0. The fourth-order valence-electron chi connectivity index (χ4n) is 2.07. The van der Waals surface area contributed by atoms with Crippen LogP contribution in [0.1, 0.15) is 26.7 Å². The monoisotopic (exact) mass is 227 g/mol. The van der Waals surface area contributed by atoms with Crippen molar-refractivity contribution in [2.45, 2.75) is 32.7 Å². The second kappa shape index (κ2) is 5.15. The van der Waals surface area contributed by atoms with Gasteiger partial charge in [-0.2, -0.15) is 0 Å². The Kier molecular flexibility index (Phi) is 4.33. The van der Waals surface area contributed by atoms with Crippen molar-refractivity contribution in [1.82, 2.24) is 10.2 Å². The topological polar surface area (TPSA) is 58.4 Å². The van der Waals surface area contributed by atoms with Gasteiger partial charge in [0, 0.05) is 19.1 Å². The van der Waals surface area contributed by atoms with Gasteiger partial charge in [0.1, 0.15) is 0 Å². The van der Waals surface area contributed by atoms with Crippen LogP contribution in [0.5, 0.6) is 0 Å². The van der Waals surface area contributed by atoms with E-state index in [9.17, 15) is 4.79 Å². The molecule has 0 spiro atoms. The van der Waals surface area contributed by atoms with Crippen LogP contribution in [-0.4, -0.2) is 44.0 Å². The van der Waals surface area contributed by atoms with Gasteiger partial charge in [-0.25, -0.2) is 0 Å². The van der Waals surface area contributed by atoms with Crippen molar-refractivity contribution in [3.8, 4) is 0 Å². The molecule has 1 rings (SSSR count). The first-order chi connectivity index (χ1) is 7.43. The summed E-state index contributed by atoms with van der Waals surface area (Å²) in [5.74, 6) is 0.672. The second-order valence-corrected chi connectivity index (χ2v) is 5.47. The van der Waals surface area contributed by atoms with Crippen LogP contribution >= 0.6 is 0 Å². The van der Waals surface area contributed by atoms with Gasteiger partial charge < -0.3 is 16.0 Å². The molecule has 1 fully saturated rings. The molecule has 1 saturated carbocycles. The normalized spacial score (nSPS) is 19.9. The summed E-state index contributed by atoms with van der Waals surface area (Å²) in [4.78, 5) is 14.1. The Morgan fingerprint density at radius 3 is 2.31 bits per heavy atom. The maximum absolute atomic E-state index is 11.9. The number of rotatable bonds is 6. The summed E-state index contributed by atoms with van der Waals surface area (Å²) in [6, 6.07) is 0.387. The lowest BCUT2D eigenvalue weighted by atomic mass is 10.0. The number of amides is 1. The Labute approximate surface area is 98.6 Å². The lowest BCUT2D eigenvalue weighted by molar-refractivity contribution is -0.126. The van der Waals surface area contributed by atoms with Gasteiger partial charge in [0.05, 0.1) is 5.41 Å². The molecule has 0 aromatic heterocycles. The van der Waals surface area contributed by atoms with E-state index in [4.69, 9.17) is 5.73 Å². The van der Waals surface area contributed by atoms with Gasteiger partial charge in [-0.15, -0.1) is 0 Å². The van der Waals surface area contributed by atoms with Crippen LogP contribution < -0.4 is 11.1 Å². The summed E-state index contributed by atoms with van der Waals surface area (Å²) >= 11 is 0. The minimum Gasteiger partial charge on any atom is -0.354 e. The summed E-state index contributed by atoms with van der Waals surface area (Å²) in [5, 5.41) is 3.04. The molecule has 0 aliphatic heterocycles. The molecule has 0 bridgehead atoms. The van der Waals surface area contributed by atoms with Crippen molar-refractivity contribution >= 4 is 5.91 Å². The Morgan fingerprint density at radius 1 is 1.44 bits per heavy atom. The molecule has 4 heteroatoms. The fourth-order valence-corrected chi connectivity index (χ4v) is 2.07. The first-order valence-corrected chi connectivity index (χ1v) is 6.08. The molecule has 1 unspecified atom stereocenters. The van der Waals surface area contributed by atoms with E-state index in [2.05, 4.69) is 24.1 Å². The van der Waals surface area contributed by atoms with Crippen molar-refractivity contribution < 1.29 is 4.79 Å². The minimum atomic E-state index is -0.228. The van der Waals surface area contributed by atoms with Crippen LogP contribution in [0, 0.1) is 11.3 Å². The third-order valence-electron chi connectivity index (χ3n) is 3.63. The summed E-state index contributed by atoms with van der Waals surface area (Å²) in [6.45, 7) is 5.54. The lowest BCUT2D eigenvalue weighted by Gasteiger charge is -2.28.